The van der Waals surface area contributed by atoms with Crippen LogP contribution in [0.15, 0.2) is 54.6 Å². The van der Waals surface area contributed by atoms with Crippen LogP contribution in [0.4, 0.5) is 17.1 Å². The van der Waals surface area contributed by atoms with Crippen molar-refractivity contribution in [3.8, 4) is 0 Å². The second kappa shape index (κ2) is 8.66. The van der Waals surface area contributed by atoms with Crippen LogP contribution in [0.5, 0.6) is 0 Å². The highest BCUT2D eigenvalue weighted by molar-refractivity contribution is 6.15. The van der Waals surface area contributed by atoms with Gasteiger partial charge in [-0.3, -0.25) is 24.0 Å². The molecule has 3 amide bonds. The minimum atomic E-state index is -0.282. The molecule has 0 fully saturated rings. The average Bonchev–Trinajstić information content (AvgIpc) is 3.24. The smallest absolute Gasteiger partial charge is 0.273 e. The molecule has 4 rings (SSSR count). The van der Waals surface area contributed by atoms with Gasteiger partial charge in [-0.15, -0.1) is 0 Å². The van der Waals surface area contributed by atoms with Gasteiger partial charge in [0.2, 0.25) is 5.91 Å². The van der Waals surface area contributed by atoms with Gasteiger partial charge in [-0.05, 0) is 55.3 Å². The number of para-hydroxylation sites is 2. The summed E-state index contributed by atoms with van der Waals surface area (Å²) in [5, 5.41) is 10.1. The highest BCUT2D eigenvalue weighted by Gasteiger charge is 2.27. The van der Waals surface area contributed by atoms with Crippen molar-refractivity contribution < 1.29 is 14.4 Å². The Morgan fingerprint density at radius 3 is 2.53 bits per heavy atom. The third kappa shape index (κ3) is 4.12. The Morgan fingerprint density at radius 1 is 1.12 bits per heavy atom. The number of aryl methyl sites for hydroxylation is 1. The van der Waals surface area contributed by atoms with Crippen LogP contribution in [-0.4, -0.2) is 34.0 Å². The fourth-order valence-corrected chi connectivity index (χ4v) is 3.60. The van der Waals surface area contributed by atoms with Crippen LogP contribution >= 0.6 is 0 Å². The van der Waals surface area contributed by atoms with Gasteiger partial charge >= 0.3 is 0 Å². The van der Waals surface area contributed by atoms with E-state index in [4.69, 9.17) is 0 Å². The van der Waals surface area contributed by atoms with Crippen molar-refractivity contribution in [3.63, 3.8) is 0 Å². The first-order valence-corrected chi connectivity index (χ1v) is 10.6. The molecule has 2 aromatic carbocycles. The zero-order valence-electron chi connectivity index (χ0n) is 18.3. The minimum Gasteiger partial charge on any atom is -0.323 e. The zero-order chi connectivity index (χ0) is 22.8. The number of rotatable bonds is 5. The number of carbonyl (C=O) groups excluding carboxylic acids is 3. The molecule has 8 nitrogen and oxygen atoms in total. The molecular weight excluding hydrogens is 406 g/mol. The molecule has 1 aromatic heterocycles. The number of carbonyl (C=O) groups is 3. The van der Waals surface area contributed by atoms with E-state index < -0.39 is 0 Å². The van der Waals surface area contributed by atoms with Crippen LogP contribution in [0, 0.1) is 0 Å². The quantitative estimate of drug-likeness (QED) is 0.641. The Labute approximate surface area is 186 Å². The van der Waals surface area contributed by atoms with E-state index in [0.29, 0.717) is 34.9 Å². The number of hydrogen-bond acceptors (Lipinski definition) is 4. The highest BCUT2D eigenvalue weighted by Crippen LogP contribution is 2.30. The Balaban J connectivity index is 1.51. The molecule has 0 aliphatic carbocycles. The summed E-state index contributed by atoms with van der Waals surface area (Å²) in [4.78, 5) is 39.3. The largest absolute Gasteiger partial charge is 0.323 e. The van der Waals surface area contributed by atoms with Gasteiger partial charge in [0.25, 0.3) is 11.8 Å². The van der Waals surface area contributed by atoms with E-state index in [0.717, 1.165) is 5.69 Å². The van der Waals surface area contributed by atoms with Crippen LogP contribution in [0.3, 0.4) is 0 Å². The maximum absolute atomic E-state index is 13.1. The van der Waals surface area contributed by atoms with E-state index >= 15 is 0 Å². The Morgan fingerprint density at radius 2 is 1.84 bits per heavy atom. The molecular formula is C24H25N5O3. The van der Waals surface area contributed by atoms with E-state index in [9.17, 15) is 14.4 Å². The molecule has 32 heavy (non-hydrogen) atoms. The highest BCUT2D eigenvalue weighted by atomic mass is 16.2. The average molecular weight is 431 g/mol. The van der Waals surface area contributed by atoms with Gasteiger partial charge in [-0.25, -0.2) is 0 Å². The summed E-state index contributed by atoms with van der Waals surface area (Å²) in [5.41, 5.74) is 3.61. The monoisotopic (exact) mass is 431 g/mol. The molecule has 164 valence electrons. The lowest BCUT2D eigenvalue weighted by Gasteiger charge is -2.29. The van der Waals surface area contributed by atoms with Crippen LogP contribution in [0.25, 0.3) is 0 Å². The van der Waals surface area contributed by atoms with Crippen molar-refractivity contribution >= 4 is 34.8 Å². The van der Waals surface area contributed by atoms with Gasteiger partial charge in [-0.1, -0.05) is 26.0 Å². The first-order chi connectivity index (χ1) is 15.4. The van der Waals surface area contributed by atoms with Crippen molar-refractivity contribution in [2.75, 3.05) is 22.1 Å². The molecule has 0 saturated heterocycles. The van der Waals surface area contributed by atoms with E-state index in [2.05, 4.69) is 15.7 Å². The van der Waals surface area contributed by atoms with Crippen LogP contribution < -0.4 is 15.5 Å². The lowest BCUT2D eigenvalue weighted by molar-refractivity contribution is -0.115. The topological polar surface area (TPSA) is 96.3 Å². The Hall–Kier alpha value is -3.94. The Kier molecular flexibility index (Phi) is 5.77. The lowest BCUT2D eigenvalue weighted by Crippen LogP contribution is -2.42. The van der Waals surface area contributed by atoms with Crippen molar-refractivity contribution in [1.82, 2.24) is 9.78 Å². The van der Waals surface area contributed by atoms with Gasteiger partial charge in [0, 0.05) is 17.8 Å². The number of amides is 3. The van der Waals surface area contributed by atoms with Gasteiger partial charge in [0.15, 0.2) is 0 Å². The van der Waals surface area contributed by atoms with Crippen LogP contribution in [0.1, 0.15) is 53.2 Å². The molecule has 0 bridgehead atoms. The fourth-order valence-electron chi connectivity index (χ4n) is 3.60. The van der Waals surface area contributed by atoms with E-state index in [1.165, 1.54) is 4.90 Å². The predicted molar refractivity (Wildman–Crippen MR) is 123 cm³/mol. The molecule has 2 N–H and O–H groups in total. The van der Waals surface area contributed by atoms with Crippen LogP contribution in [-0.2, 0) is 11.3 Å². The third-order valence-corrected chi connectivity index (χ3v) is 5.33. The summed E-state index contributed by atoms with van der Waals surface area (Å²) in [6.45, 7) is 6.54. The number of nitrogens with one attached hydrogen (secondary N) is 2. The summed E-state index contributed by atoms with van der Waals surface area (Å²) in [6.07, 6.45) is 0. The molecule has 0 radical (unpaired) electrons. The summed E-state index contributed by atoms with van der Waals surface area (Å²) in [6, 6.07) is 15.6. The number of aromatic nitrogens is 2. The van der Waals surface area contributed by atoms with Gasteiger partial charge in [0.1, 0.15) is 12.2 Å². The molecule has 8 heteroatoms. The van der Waals surface area contributed by atoms with Gasteiger partial charge in [-0.2, -0.15) is 5.10 Å². The van der Waals surface area contributed by atoms with Crippen molar-refractivity contribution in [2.24, 2.45) is 0 Å². The maximum Gasteiger partial charge on any atom is 0.273 e. The van der Waals surface area contributed by atoms with E-state index in [1.54, 1.807) is 53.2 Å². The summed E-state index contributed by atoms with van der Waals surface area (Å²) < 4.78 is 1.68. The second-order valence-electron chi connectivity index (χ2n) is 7.91. The molecule has 1 aliphatic rings. The number of anilines is 3. The second-order valence-corrected chi connectivity index (χ2v) is 7.91. The number of hydrogen-bond donors (Lipinski definition) is 2. The Bertz CT molecular complexity index is 1180. The molecule has 0 atom stereocenters. The molecule has 0 saturated carbocycles. The lowest BCUT2D eigenvalue weighted by atomic mass is 10.1. The van der Waals surface area contributed by atoms with Crippen molar-refractivity contribution in [2.45, 2.75) is 33.2 Å². The van der Waals surface area contributed by atoms with Gasteiger partial charge < -0.3 is 10.6 Å². The predicted octanol–water partition coefficient (Wildman–Crippen LogP) is 3.88. The van der Waals surface area contributed by atoms with Crippen molar-refractivity contribution in [1.29, 1.82) is 0 Å². The number of benzene rings is 2. The first-order valence-electron chi connectivity index (χ1n) is 10.6. The van der Waals surface area contributed by atoms with Crippen LogP contribution in [0.2, 0.25) is 0 Å². The SMILES string of the molecule is CCn1nc(C(C)C)cc1C(=O)Nc1ccc(C(=O)N2CC(=O)Nc3ccccc32)cc1. The molecule has 0 spiro atoms. The standard InChI is InChI=1S/C24H25N5O3/c1-4-29-21(13-19(27-29)15(2)3)23(31)25-17-11-9-16(10-12-17)24(32)28-14-22(30)26-18-7-5-6-8-20(18)28/h5-13,15H,4,14H2,1-3H3,(H,25,31)(H,26,30). The number of fused-ring (bicyclic) bond motifs is 1. The summed E-state index contributed by atoms with van der Waals surface area (Å²) >= 11 is 0. The zero-order valence-corrected chi connectivity index (χ0v) is 18.3. The van der Waals surface area contributed by atoms with Gasteiger partial charge in [0.05, 0.1) is 17.1 Å². The van der Waals surface area contributed by atoms with Crippen molar-refractivity contribution in [3.05, 3.63) is 71.5 Å². The number of nitrogens with zero attached hydrogens (tertiary/aromatic N) is 3. The first kappa shape index (κ1) is 21.3. The fraction of sp³-hybridized carbons (Fsp3) is 0.250. The van der Waals surface area contributed by atoms with E-state index in [-0.39, 0.29) is 30.2 Å². The normalized spacial score (nSPS) is 13.0. The summed E-state index contributed by atoms with van der Waals surface area (Å²) in [7, 11) is 0. The molecule has 3 aromatic rings. The van der Waals surface area contributed by atoms with E-state index in [1.807, 2.05) is 26.8 Å². The molecule has 0 unspecified atom stereocenters. The summed E-state index contributed by atoms with van der Waals surface area (Å²) in [5.74, 6) is -0.557. The maximum atomic E-state index is 13.1. The third-order valence-electron chi connectivity index (χ3n) is 5.33. The molecule has 1 aliphatic heterocycles. The minimum absolute atomic E-state index is 0.0481. The molecule has 2 heterocycles.